The third kappa shape index (κ3) is 5.01. The minimum atomic E-state index is -0.770. The number of nitrogens with one attached hydrogen (secondary N) is 1. The summed E-state index contributed by atoms with van der Waals surface area (Å²) in [6.45, 7) is 5.43. The molecule has 0 atom stereocenters. The molecule has 9 nitrogen and oxygen atoms in total. The number of aromatic amines is 1. The zero-order valence-corrected chi connectivity index (χ0v) is 21.3. The van der Waals surface area contributed by atoms with Crippen LogP contribution in [0.4, 0.5) is 4.39 Å². The van der Waals surface area contributed by atoms with Gasteiger partial charge in [0.05, 0.1) is 35.7 Å². The van der Waals surface area contributed by atoms with Crippen LogP contribution in [0.2, 0.25) is 0 Å². The van der Waals surface area contributed by atoms with Crippen molar-refractivity contribution < 1.29 is 18.7 Å². The first-order valence-corrected chi connectivity index (χ1v) is 13.0. The monoisotopic (exact) mass is 512 g/mol. The Labute approximate surface area is 213 Å². The molecule has 36 heavy (non-hydrogen) atoms. The summed E-state index contributed by atoms with van der Waals surface area (Å²) in [6, 6.07) is 7.92. The first kappa shape index (κ1) is 24.8. The molecular formula is C25H29FN6O3S. The number of carbonyl (C=O) groups is 1. The first-order chi connectivity index (χ1) is 17.4. The number of aromatic nitrogens is 4. The van der Waals surface area contributed by atoms with Crippen LogP contribution < -0.4 is 0 Å². The Morgan fingerprint density at radius 2 is 1.81 bits per heavy atom. The van der Waals surface area contributed by atoms with Crippen LogP contribution in [-0.4, -0.2) is 88.3 Å². The number of hydrogen-bond donors (Lipinski definition) is 1. The molecule has 1 N–H and O–H groups in total. The van der Waals surface area contributed by atoms with Gasteiger partial charge >= 0.3 is 0 Å². The lowest BCUT2D eigenvalue weighted by molar-refractivity contribution is -0.234. The Bertz CT molecular complexity index is 1220. The predicted octanol–water partition coefficient (Wildman–Crippen LogP) is 3.22. The van der Waals surface area contributed by atoms with Crippen molar-refractivity contribution in [2.45, 2.75) is 18.4 Å². The fourth-order valence-corrected chi connectivity index (χ4v) is 4.72. The Morgan fingerprint density at radius 1 is 1.11 bits per heavy atom. The number of nitrogens with zero attached hydrogens (tertiary/aromatic N) is 5. The van der Waals surface area contributed by atoms with E-state index in [1.807, 2.05) is 18.1 Å². The molecule has 190 valence electrons. The molecular weight excluding hydrogens is 483 g/mol. The smallest absolute Gasteiger partial charge is 0.233 e. The average molecular weight is 513 g/mol. The third-order valence-corrected chi connectivity index (χ3v) is 7.11. The van der Waals surface area contributed by atoms with Gasteiger partial charge in [0.2, 0.25) is 12.2 Å². The summed E-state index contributed by atoms with van der Waals surface area (Å²) in [5.74, 6) is 0.181. The Balaban J connectivity index is 1.39. The molecule has 2 saturated heterocycles. The molecule has 0 unspecified atom stereocenters. The first-order valence-electron chi connectivity index (χ1n) is 11.8. The highest BCUT2D eigenvalue weighted by atomic mass is 32.2. The molecule has 1 amide bonds. The number of thioether (sulfide) groups is 1. The van der Waals surface area contributed by atoms with Crippen LogP contribution in [0, 0.1) is 11.2 Å². The van der Waals surface area contributed by atoms with E-state index in [0.717, 1.165) is 18.7 Å². The molecule has 0 bridgehead atoms. The van der Waals surface area contributed by atoms with Gasteiger partial charge in [0, 0.05) is 37.9 Å². The summed E-state index contributed by atoms with van der Waals surface area (Å²) in [4.78, 5) is 34.2. The van der Waals surface area contributed by atoms with Crippen molar-refractivity contribution in [3.63, 3.8) is 0 Å². The molecule has 5 rings (SSSR count). The van der Waals surface area contributed by atoms with Crippen molar-refractivity contribution in [1.82, 2.24) is 29.7 Å². The number of amides is 1. The van der Waals surface area contributed by atoms with Gasteiger partial charge in [-0.3, -0.25) is 4.79 Å². The largest absolute Gasteiger partial charge is 0.345 e. The van der Waals surface area contributed by atoms with E-state index in [1.165, 1.54) is 23.9 Å². The number of carbonyl (C=O) groups excluding carboxylic acids is 1. The molecule has 3 aromatic rings. The second kappa shape index (κ2) is 10.3. The number of rotatable bonds is 5. The SMILES string of the molecule is CSc1nccc(-c2[nH]c(C3OCC(C)(C(=O)N4CCN(C)CC4)CO3)nc2-c2ccc(F)cc2)n1. The van der Waals surface area contributed by atoms with Crippen LogP contribution in [0.5, 0.6) is 0 Å². The fourth-order valence-electron chi connectivity index (χ4n) is 4.37. The number of benzene rings is 1. The molecule has 2 aliphatic heterocycles. The highest BCUT2D eigenvalue weighted by molar-refractivity contribution is 7.98. The molecule has 2 aromatic heterocycles. The van der Waals surface area contributed by atoms with Gasteiger partial charge in [-0.15, -0.1) is 0 Å². The van der Waals surface area contributed by atoms with Gasteiger partial charge in [0.25, 0.3) is 0 Å². The fraction of sp³-hybridized carbons (Fsp3) is 0.440. The van der Waals surface area contributed by atoms with Crippen LogP contribution in [-0.2, 0) is 14.3 Å². The lowest BCUT2D eigenvalue weighted by atomic mass is 9.90. The summed E-state index contributed by atoms with van der Waals surface area (Å²) in [5, 5.41) is 0.622. The topological polar surface area (TPSA) is 96.5 Å². The summed E-state index contributed by atoms with van der Waals surface area (Å²) >= 11 is 1.44. The quantitative estimate of drug-likeness (QED) is 0.411. The minimum Gasteiger partial charge on any atom is -0.345 e. The van der Waals surface area contributed by atoms with Crippen LogP contribution in [0.3, 0.4) is 0 Å². The van der Waals surface area contributed by atoms with Crippen molar-refractivity contribution in [1.29, 1.82) is 0 Å². The van der Waals surface area contributed by atoms with E-state index in [9.17, 15) is 9.18 Å². The number of ether oxygens (including phenoxy) is 2. The number of likely N-dealkylation sites (N-methyl/N-ethyl adjacent to an activating group) is 1. The van der Waals surface area contributed by atoms with Gasteiger partial charge in [-0.1, -0.05) is 11.8 Å². The Hall–Kier alpha value is -2.86. The average Bonchev–Trinajstić information content (AvgIpc) is 3.35. The van der Waals surface area contributed by atoms with Gasteiger partial charge < -0.3 is 24.3 Å². The second-order valence-corrected chi connectivity index (χ2v) is 10.2. The van der Waals surface area contributed by atoms with Crippen molar-refractivity contribution in [2.24, 2.45) is 5.41 Å². The summed E-state index contributed by atoms with van der Waals surface area (Å²) in [5.41, 5.74) is 1.87. The van der Waals surface area contributed by atoms with E-state index >= 15 is 0 Å². The summed E-state index contributed by atoms with van der Waals surface area (Å²) in [7, 11) is 2.06. The number of piperazine rings is 1. The summed E-state index contributed by atoms with van der Waals surface area (Å²) < 4.78 is 25.7. The zero-order chi connectivity index (χ0) is 25.3. The Kier molecular flexibility index (Phi) is 7.07. The highest BCUT2D eigenvalue weighted by Crippen LogP contribution is 2.36. The summed E-state index contributed by atoms with van der Waals surface area (Å²) in [6.07, 6.45) is 2.82. The zero-order valence-electron chi connectivity index (χ0n) is 20.5. The van der Waals surface area contributed by atoms with E-state index in [1.54, 1.807) is 24.4 Å². The van der Waals surface area contributed by atoms with E-state index in [2.05, 4.69) is 26.9 Å². The molecule has 2 fully saturated rings. The number of imidazole rings is 1. The van der Waals surface area contributed by atoms with Crippen molar-refractivity contribution >= 4 is 17.7 Å². The standard InChI is InChI=1S/C25H29FN6O3S/c1-25(23(33)32-12-10-31(2)11-13-32)14-34-22(35-15-25)21-29-19(16-4-6-17(26)7-5-16)20(30-21)18-8-9-27-24(28-18)36-3/h4-9,22H,10-15H2,1-3H3,(H,29,30). The normalized spacial score (nSPS) is 23.1. The van der Waals surface area contributed by atoms with Gasteiger partial charge in [-0.25, -0.2) is 19.3 Å². The molecule has 0 aliphatic carbocycles. The van der Waals surface area contributed by atoms with E-state index < -0.39 is 11.7 Å². The van der Waals surface area contributed by atoms with Crippen molar-refractivity contribution in [3.8, 4) is 22.6 Å². The maximum Gasteiger partial charge on any atom is 0.233 e. The van der Waals surface area contributed by atoms with Crippen LogP contribution in [0.15, 0.2) is 41.7 Å². The van der Waals surface area contributed by atoms with Gasteiger partial charge in [0.1, 0.15) is 5.82 Å². The lowest BCUT2D eigenvalue weighted by Crippen LogP contribution is -2.55. The third-order valence-electron chi connectivity index (χ3n) is 6.55. The lowest BCUT2D eigenvalue weighted by Gasteiger charge is -2.41. The maximum absolute atomic E-state index is 13.6. The number of H-pyrrole nitrogens is 1. The van der Waals surface area contributed by atoms with Crippen molar-refractivity contribution in [2.75, 3.05) is 52.7 Å². The highest BCUT2D eigenvalue weighted by Gasteiger charge is 2.43. The number of hydrogen-bond acceptors (Lipinski definition) is 8. The van der Waals surface area contributed by atoms with Gasteiger partial charge in [0.15, 0.2) is 11.0 Å². The van der Waals surface area contributed by atoms with Crippen LogP contribution >= 0.6 is 11.8 Å². The van der Waals surface area contributed by atoms with Crippen LogP contribution in [0.1, 0.15) is 19.0 Å². The van der Waals surface area contributed by atoms with E-state index in [-0.39, 0.29) is 24.9 Å². The molecule has 2 aliphatic rings. The maximum atomic E-state index is 13.6. The molecule has 4 heterocycles. The molecule has 0 spiro atoms. The van der Waals surface area contributed by atoms with Gasteiger partial charge in [-0.2, -0.15) is 0 Å². The molecule has 11 heteroatoms. The van der Waals surface area contributed by atoms with E-state index in [0.29, 0.717) is 41.2 Å². The van der Waals surface area contributed by atoms with E-state index in [4.69, 9.17) is 14.5 Å². The minimum absolute atomic E-state index is 0.0479. The Morgan fingerprint density at radius 3 is 2.47 bits per heavy atom. The van der Waals surface area contributed by atoms with Crippen LogP contribution in [0.25, 0.3) is 22.6 Å². The van der Waals surface area contributed by atoms with Gasteiger partial charge in [-0.05, 0) is 50.6 Å². The molecule has 0 radical (unpaired) electrons. The molecule has 0 saturated carbocycles. The second-order valence-electron chi connectivity index (χ2n) is 9.39. The molecule has 1 aromatic carbocycles. The number of halogens is 1. The van der Waals surface area contributed by atoms with Crippen molar-refractivity contribution in [3.05, 3.63) is 48.2 Å². The predicted molar refractivity (Wildman–Crippen MR) is 134 cm³/mol.